The van der Waals surface area contributed by atoms with Crippen LogP contribution in [0.2, 0.25) is 0 Å². The lowest BCUT2D eigenvalue weighted by molar-refractivity contribution is -0.153. The number of hydrogen-bond acceptors (Lipinski definition) is 4. The normalized spacial score (nSPS) is 11.0. The number of carbonyl (C=O) groups excluding carboxylic acids is 1. The summed E-state index contributed by atoms with van der Waals surface area (Å²) in [7, 11) is 1.59. The Hall–Kier alpha value is -2.90. The number of rotatable bonds is 10. The van der Waals surface area contributed by atoms with Gasteiger partial charge in [0.2, 0.25) is 5.91 Å². The molecule has 2 rings (SSSR count). The van der Waals surface area contributed by atoms with Crippen LogP contribution in [0.3, 0.4) is 0 Å². The second kappa shape index (κ2) is 10.4. The molecule has 0 bridgehead atoms. The first-order chi connectivity index (χ1) is 13.4. The predicted molar refractivity (Wildman–Crippen MR) is 97.6 cm³/mol. The van der Waals surface area contributed by atoms with Gasteiger partial charge in [-0.05, 0) is 48.4 Å². The fourth-order valence-electron chi connectivity index (χ4n) is 2.25. The largest absolute Gasteiger partial charge is 0.497 e. The zero-order chi connectivity index (χ0) is 20.4. The van der Waals surface area contributed by atoms with Crippen molar-refractivity contribution in [3.63, 3.8) is 0 Å². The molecule has 0 radical (unpaired) electrons. The molecule has 0 heterocycles. The molecular weight excluding hydrogens is 375 g/mol. The summed E-state index contributed by atoms with van der Waals surface area (Å²) in [6, 6.07) is 13.3. The van der Waals surface area contributed by atoms with Gasteiger partial charge < -0.3 is 19.5 Å². The Morgan fingerprint density at radius 2 is 1.50 bits per heavy atom. The number of methoxy groups -OCH3 is 1. The van der Waals surface area contributed by atoms with Crippen LogP contribution in [-0.4, -0.2) is 32.4 Å². The van der Waals surface area contributed by atoms with Crippen molar-refractivity contribution >= 4 is 5.91 Å². The molecule has 0 saturated heterocycles. The average molecular weight is 397 g/mol. The molecule has 1 amide bonds. The van der Waals surface area contributed by atoms with Gasteiger partial charge in [-0.1, -0.05) is 12.1 Å². The van der Waals surface area contributed by atoms with E-state index >= 15 is 0 Å². The molecule has 0 saturated carbocycles. The second-order valence-corrected chi connectivity index (χ2v) is 5.95. The Morgan fingerprint density at radius 3 is 2.11 bits per heavy atom. The highest BCUT2D eigenvalue weighted by molar-refractivity contribution is 5.75. The van der Waals surface area contributed by atoms with Gasteiger partial charge in [0.15, 0.2) is 6.61 Å². The van der Waals surface area contributed by atoms with Crippen LogP contribution >= 0.6 is 0 Å². The van der Waals surface area contributed by atoms with Crippen molar-refractivity contribution in [2.45, 2.75) is 25.6 Å². The summed E-state index contributed by atoms with van der Waals surface area (Å²) in [5.74, 6) is 1.44. The van der Waals surface area contributed by atoms with Crippen LogP contribution in [0.25, 0.3) is 0 Å². The lowest BCUT2D eigenvalue weighted by Crippen LogP contribution is -2.23. The van der Waals surface area contributed by atoms with Crippen LogP contribution < -0.4 is 19.5 Å². The van der Waals surface area contributed by atoms with Crippen molar-refractivity contribution in [3.05, 3.63) is 54.1 Å². The maximum Gasteiger partial charge on any atom is 0.422 e. The van der Waals surface area contributed by atoms with Crippen molar-refractivity contribution in [1.82, 2.24) is 5.32 Å². The Morgan fingerprint density at radius 1 is 0.929 bits per heavy atom. The number of nitrogens with one attached hydrogen (secondary N) is 1. The summed E-state index contributed by atoms with van der Waals surface area (Å²) < 4.78 is 51.5. The van der Waals surface area contributed by atoms with Crippen LogP contribution in [-0.2, 0) is 11.3 Å². The van der Waals surface area contributed by atoms with E-state index in [4.69, 9.17) is 9.47 Å². The van der Waals surface area contributed by atoms with Gasteiger partial charge in [-0.15, -0.1) is 0 Å². The monoisotopic (exact) mass is 397 g/mol. The van der Waals surface area contributed by atoms with Gasteiger partial charge in [-0.3, -0.25) is 4.79 Å². The summed E-state index contributed by atoms with van der Waals surface area (Å²) in [5, 5.41) is 2.76. The maximum absolute atomic E-state index is 12.1. The highest BCUT2D eigenvalue weighted by Gasteiger charge is 2.28. The van der Waals surface area contributed by atoms with Gasteiger partial charge >= 0.3 is 6.18 Å². The minimum atomic E-state index is -4.37. The molecule has 0 aliphatic rings. The highest BCUT2D eigenvalue weighted by Crippen LogP contribution is 2.19. The third-order valence-corrected chi connectivity index (χ3v) is 3.69. The SMILES string of the molecule is COc1ccc(OCCCC(=O)NCc2ccc(OCC(F)(F)F)cc2)cc1. The molecule has 0 aliphatic heterocycles. The van der Waals surface area contributed by atoms with Crippen LogP contribution in [0, 0.1) is 0 Å². The van der Waals surface area contributed by atoms with E-state index in [9.17, 15) is 18.0 Å². The van der Waals surface area contributed by atoms with Gasteiger partial charge in [0.1, 0.15) is 17.2 Å². The Kier molecular flexibility index (Phi) is 7.98. The first-order valence-electron chi connectivity index (χ1n) is 8.68. The number of alkyl halides is 3. The van der Waals surface area contributed by atoms with E-state index in [-0.39, 0.29) is 18.2 Å². The standard InChI is InChI=1S/C20H22F3NO4/c1-26-16-8-10-17(11-9-16)27-12-2-3-19(25)24-13-15-4-6-18(7-5-15)28-14-20(21,22)23/h4-11H,2-3,12-14H2,1H3,(H,24,25). The number of hydrogen-bond donors (Lipinski definition) is 1. The topological polar surface area (TPSA) is 56.8 Å². The van der Waals surface area contributed by atoms with Gasteiger partial charge in [0, 0.05) is 13.0 Å². The number of benzene rings is 2. The van der Waals surface area contributed by atoms with E-state index in [1.54, 1.807) is 43.5 Å². The molecule has 0 spiro atoms. The first-order valence-corrected chi connectivity index (χ1v) is 8.68. The third kappa shape index (κ3) is 8.20. The predicted octanol–water partition coefficient (Wildman–Crippen LogP) is 4.11. The quantitative estimate of drug-likeness (QED) is 0.613. The third-order valence-electron chi connectivity index (χ3n) is 3.69. The molecule has 5 nitrogen and oxygen atoms in total. The van der Waals surface area contributed by atoms with E-state index in [0.29, 0.717) is 25.2 Å². The fraction of sp³-hybridized carbons (Fsp3) is 0.350. The van der Waals surface area contributed by atoms with E-state index in [2.05, 4.69) is 10.1 Å². The molecule has 0 aliphatic carbocycles. The molecule has 0 aromatic heterocycles. The molecule has 152 valence electrons. The van der Waals surface area contributed by atoms with E-state index in [0.717, 1.165) is 11.3 Å². The minimum absolute atomic E-state index is 0.128. The van der Waals surface area contributed by atoms with Crippen LogP contribution in [0.15, 0.2) is 48.5 Å². The van der Waals surface area contributed by atoms with Crippen molar-refractivity contribution in [3.8, 4) is 17.2 Å². The van der Waals surface area contributed by atoms with Crippen molar-refractivity contribution in [2.24, 2.45) is 0 Å². The second-order valence-electron chi connectivity index (χ2n) is 5.95. The molecule has 8 heteroatoms. The zero-order valence-corrected chi connectivity index (χ0v) is 15.4. The van der Waals surface area contributed by atoms with Gasteiger partial charge in [-0.2, -0.15) is 13.2 Å². The summed E-state index contributed by atoms with van der Waals surface area (Å²) in [5.41, 5.74) is 0.766. The van der Waals surface area contributed by atoms with Gasteiger partial charge in [0.05, 0.1) is 13.7 Å². The van der Waals surface area contributed by atoms with Crippen LogP contribution in [0.1, 0.15) is 18.4 Å². The Labute approximate surface area is 161 Å². The lowest BCUT2D eigenvalue weighted by atomic mass is 10.2. The Balaban J connectivity index is 1.62. The molecule has 0 unspecified atom stereocenters. The maximum atomic E-state index is 12.1. The zero-order valence-electron chi connectivity index (χ0n) is 15.4. The lowest BCUT2D eigenvalue weighted by Gasteiger charge is -2.10. The molecular formula is C20H22F3NO4. The van der Waals surface area contributed by atoms with Gasteiger partial charge in [-0.25, -0.2) is 0 Å². The summed E-state index contributed by atoms with van der Waals surface area (Å²) in [6.45, 7) is -0.635. The fourth-order valence-corrected chi connectivity index (χ4v) is 2.25. The first kappa shape index (κ1) is 21.4. The molecule has 28 heavy (non-hydrogen) atoms. The van der Waals surface area contributed by atoms with Gasteiger partial charge in [0.25, 0.3) is 0 Å². The number of amides is 1. The van der Waals surface area contributed by atoms with E-state index in [1.807, 2.05) is 0 Å². The minimum Gasteiger partial charge on any atom is -0.497 e. The average Bonchev–Trinajstić information content (AvgIpc) is 2.69. The summed E-state index contributed by atoms with van der Waals surface area (Å²) in [6.07, 6.45) is -3.51. The van der Waals surface area contributed by atoms with Crippen molar-refractivity contribution in [1.29, 1.82) is 0 Å². The molecule has 2 aromatic carbocycles. The van der Waals surface area contributed by atoms with Crippen molar-refractivity contribution in [2.75, 3.05) is 20.3 Å². The molecule has 2 aromatic rings. The molecule has 0 fully saturated rings. The smallest absolute Gasteiger partial charge is 0.422 e. The highest BCUT2D eigenvalue weighted by atomic mass is 19.4. The van der Waals surface area contributed by atoms with Crippen molar-refractivity contribution < 1.29 is 32.2 Å². The van der Waals surface area contributed by atoms with E-state index < -0.39 is 12.8 Å². The number of ether oxygens (including phenoxy) is 3. The Bertz CT molecular complexity index is 731. The van der Waals surface area contributed by atoms with Crippen LogP contribution in [0.4, 0.5) is 13.2 Å². The van der Waals surface area contributed by atoms with Crippen LogP contribution in [0.5, 0.6) is 17.2 Å². The number of halogens is 3. The van der Waals surface area contributed by atoms with E-state index in [1.165, 1.54) is 12.1 Å². The molecule has 1 N–H and O–H groups in total. The summed E-state index contributed by atoms with van der Waals surface area (Å²) >= 11 is 0. The molecule has 0 atom stereocenters. The number of carbonyl (C=O) groups is 1. The summed E-state index contributed by atoms with van der Waals surface area (Å²) in [4.78, 5) is 11.9.